The van der Waals surface area contributed by atoms with Crippen LogP contribution >= 0.6 is 34.5 Å². The molecule has 82 valence electrons. The zero-order valence-corrected chi connectivity index (χ0v) is 10.6. The fourth-order valence-corrected chi connectivity index (χ4v) is 2.73. The average Bonchev–Trinajstić information content (AvgIpc) is 3.01. The number of hydrogen-bond acceptors (Lipinski definition) is 3. The van der Waals surface area contributed by atoms with Crippen molar-refractivity contribution < 1.29 is 0 Å². The second-order valence-corrected chi connectivity index (χ2v) is 5.91. The van der Waals surface area contributed by atoms with E-state index in [1.807, 2.05) is 12.1 Å². The summed E-state index contributed by atoms with van der Waals surface area (Å²) in [6, 6.07) is 5.62. The van der Waals surface area contributed by atoms with E-state index >= 15 is 0 Å². The van der Waals surface area contributed by atoms with Gasteiger partial charge in [-0.15, -0.1) is 11.3 Å². The molecule has 0 spiro atoms. The van der Waals surface area contributed by atoms with E-state index in [0.29, 0.717) is 11.1 Å². The maximum atomic E-state index is 6.00. The van der Waals surface area contributed by atoms with E-state index in [9.17, 15) is 0 Å². The van der Waals surface area contributed by atoms with E-state index in [-0.39, 0.29) is 0 Å². The van der Waals surface area contributed by atoms with Crippen molar-refractivity contribution in [2.75, 3.05) is 0 Å². The summed E-state index contributed by atoms with van der Waals surface area (Å²) in [7, 11) is 0. The highest BCUT2D eigenvalue weighted by Crippen LogP contribution is 2.39. The third-order valence-electron chi connectivity index (χ3n) is 2.48. The predicted molar refractivity (Wildman–Crippen MR) is 67.3 cm³/mol. The van der Waals surface area contributed by atoms with Crippen molar-refractivity contribution in [3.8, 4) is 10.6 Å². The molecule has 0 amide bonds. The van der Waals surface area contributed by atoms with Crippen molar-refractivity contribution in [1.82, 2.24) is 9.97 Å². The third kappa shape index (κ3) is 2.08. The Balaban J connectivity index is 2.06. The number of rotatable bonds is 2. The van der Waals surface area contributed by atoms with Gasteiger partial charge in [0.05, 0.1) is 14.9 Å². The lowest BCUT2D eigenvalue weighted by molar-refractivity contribution is 0.932. The number of hydrogen-bond donors (Lipinski definition) is 0. The number of aromatic nitrogens is 2. The molecule has 2 nitrogen and oxygen atoms in total. The summed E-state index contributed by atoms with van der Waals surface area (Å²) in [5, 5.41) is 0.511. The van der Waals surface area contributed by atoms with E-state index in [0.717, 1.165) is 20.7 Å². The van der Waals surface area contributed by atoms with Gasteiger partial charge >= 0.3 is 0 Å². The van der Waals surface area contributed by atoms with Crippen LogP contribution in [0.3, 0.4) is 0 Å². The van der Waals surface area contributed by atoms with Crippen molar-refractivity contribution in [2.45, 2.75) is 18.8 Å². The number of thiophene rings is 1. The average molecular weight is 271 g/mol. The van der Waals surface area contributed by atoms with Gasteiger partial charge in [-0.2, -0.15) is 0 Å². The molecule has 2 aromatic rings. The van der Waals surface area contributed by atoms with Crippen molar-refractivity contribution in [3.05, 3.63) is 33.5 Å². The predicted octanol–water partition coefficient (Wildman–Crippen LogP) is 4.39. The Bertz CT molecular complexity index is 535. The van der Waals surface area contributed by atoms with Crippen LogP contribution in [0.4, 0.5) is 0 Å². The Morgan fingerprint density at radius 3 is 2.62 bits per heavy atom. The van der Waals surface area contributed by atoms with Crippen molar-refractivity contribution >= 4 is 34.5 Å². The monoisotopic (exact) mass is 270 g/mol. The Morgan fingerprint density at radius 2 is 2.00 bits per heavy atom. The molecule has 1 fully saturated rings. The third-order valence-corrected chi connectivity index (χ3v) is 3.93. The van der Waals surface area contributed by atoms with Crippen LogP contribution in [-0.2, 0) is 0 Å². The Hall–Kier alpha value is -0.640. The van der Waals surface area contributed by atoms with Crippen LogP contribution < -0.4 is 0 Å². The topological polar surface area (TPSA) is 25.8 Å². The lowest BCUT2D eigenvalue weighted by Gasteiger charge is -2.01. The van der Waals surface area contributed by atoms with E-state index < -0.39 is 0 Å². The van der Waals surface area contributed by atoms with Gasteiger partial charge < -0.3 is 0 Å². The molecule has 16 heavy (non-hydrogen) atoms. The maximum Gasteiger partial charge on any atom is 0.133 e. The van der Waals surface area contributed by atoms with E-state index in [2.05, 4.69) is 9.97 Å². The van der Waals surface area contributed by atoms with Gasteiger partial charge in [-0.05, 0) is 25.0 Å². The summed E-state index contributed by atoms with van der Waals surface area (Å²) in [4.78, 5) is 9.83. The van der Waals surface area contributed by atoms with Crippen LogP contribution in [0.25, 0.3) is 10.6 Å². The van der Waals surface area contributed by atoms with Crippen LogP contribution in [0, 0.1) is 0 Å². The molecular weight excluding hydrogens is 263 g/mol. The highest BCUT2D eigenvalue weighted by atomic mass is 35.5. The Labute approximate surface area is 107 Å². The summed E-state index contributed by atoms with van der Waals surface area (Å²) < 4.78 is 0.762. The molecule has 0 atom stereocenters. The van der Waals surface area contributed by atoms with Gasteiger partial charge in [0.2, 0.25) is 0 Å². The highest BCUT2D eigenvalue weighted by molar-refractivity contribution is 7.19. The first-order valence-electron chi connectivity index (χ1n) is 5.02. The zero-order valence-electron chi connectivity index (χ0n) is 8.28. The van der Waals surface area contributed by atoms with Gasteiger partial charge in [-0.3, -0.25) is 0 Å². The molecule has 0 bridgehead atoms. The molecule has 0 aliphatic heterocycles. The van der Waals surface area contributed by atoms with Crippen LogP contribution in [0.1, 0.15) is 24.6 Å². The Kier molecular flexibility index (Phi) is 2.62. The van der Waals surface area contributed by atoms with Crippen molar-refractivity contribution in [2.24, 2.45) is 0 Å². The summed E-state index contributed by atoms with van der Waals surface area (Å²) in [5.74, 6) is 1.37. The number of halogens is 2. The molecule has 2 aromatic heterocycles. The lowest BCUT2D eigenvalue weighted by Crippen LogP contribution is -1.94. The first kappa shape index (κ1) is 10.5. The summed E-state index contributed by atoms with van der Waals surface area (Å²) in [6.45, 7) is 0. The quantitative estimate of drug-likeness (QED) is 0.757. The summed E-state index contributed by atoms with van der Waals surface area (Å²) >= 11 is 13.4. The fourth-order valence-electron chi connectivity index (χ4n) is 1.54. The van der Waals surface area contributed by atoms with Crippen LogP contribution in [0.15, 0.2) is 18.2 Å². The molecule has 1 aliphatic rings. The molecule has 3 rings (SSSR count). The minimum Gasteiger partial charge on any atom is -0.232 e. The van der Waals surface area contributed by atoms with Crippen LogP contribution in [-0.4, -0.2) is 9.97 Å². The molecule has 2 heterocycles. The fraction of sp³-hybridized carbons (Fsp3) is 0.273. The van der Waals surface area contributed by atoms with Gasteiger partial charge in [-0.25, -0.2) is 9.97 Å². The molecule has 0 radical (unpaired) electrons. The Morgan fingerprint density at radius 1 is 1.19 bits per heavy atom. The van der Waals surface area contributed by atoms with Gasteiger partial charge in [0, 0.05) is 12.0 Å². The van der Waals surface area contributed by atoms with Crippen LogP contribution in [0.2, 0.25) is 9.49 Å². The van der Waals surface area contributed by atoms with E-state index in [4.69, 9.17) is 23.2 Å². The first-order valence-corrected chi connectivity index (χ1v) is 6.60. The number of nitrogens with zero attached hydrogens (tertiary/aromatic N) is 2. The molecule has 0 unspecified atom stereocenters. The molecule has 5 heteroatoms. The van der Waals surface area contributed by atoms with Crippen molar-refractivity contribution in [1.29, 1.82) is 0 Å². The minimum absolute atomic E-state index is 0.507. The molecule has 0 N–H and O–H groups in total. The second kappa shape index (κ2) is 3.99. The second-order valence-electron chi connectivity index (χ2n) is 3.81. The van der Waals surface area contributed by atoms with Gasteiger partial charge in [0.15, 0.2) is 0 Å². The van der Waals surface area contributed by atoms with Crippen molar-refractivity contribution in [3.63, 3.8) is 0 Å². The summed E-state index contributed by atoms with van der Waals surface area (Å²) in [5.41, 5.74) is 0.874. The highest BCUT2D eigenvalue weighted by Gasteiger charge is 2.27. The SMILES string of the molecule is Clc1cc(-c2ccc(Cl)s2)nc(C2CC2)n1. The van der Waals surface area contributed by atoms with Gasteiger partial charge in [-0.1, -0.05) is 23.2 Å². The molecule has 1 aliphatic carbocycles. The molecular formula is C11H8Cl2N2S. The normalized spacial score (nSPS) is 15.4. The van der Waals surface area contributed by atoms with E-state index in [1.54, 1.807) is 6.07 Å². The van der Waals surface area contributed by atoms with Gasteiger partial charge in [0.1, 0.15) is 11.0 Å². The lowest BCUT2D eigenvalue weighted by atomic mass is 10.3. The molecule has 0 saturated heterocycles. The zero-order chi connectivity index (χ0) is 11.1. The van der Waals surface area contributed by atoms with Gasteiger partial charge in [0.25, 0.3) is 0 Å². The smallest absolute Gasteiger partial charge is 0.133 e. The summed E-state index contributed by atoms with van der Waals surface area (Å²) in [6.07, 6.45) is 2.34. The largest absolute Gasteiger partial charge is 0.232 e. The maximum absolute atomic E-state index is 6.00. The minimum atomic E-state index is 0.507. The van der Waals surface area contributed by atoms with E-state index in [1.165, 1.54) is 24.2 Å². The van der Waals surface area contributed by atoms with Crippen LogP contribution in [0.5, 0.6) is 0 Å². The standard InChI is InChI=1S/C11H8Cl2N2S/c12-9-5-7(8-3-4-10(13)16-8)14-11(15-9)6-1-2-6/h3-6H,1-2H2. The first-order chi connectivity index (χ1) is 7.72. The molecule has 1 saturated carbocycles. The molecule has 0 aromatic carbocycles.